The molecular formula is C16H25N9O5S2. The molecule has 0 spiro atoms. The van der Waals surface area contributed by atoms with Crippen LogP contribution in [-0.4, -0.2) is 74.8 Å². The number of fused-ring (bicyclic) bond motifs is 1. The molecule has 176 valence electrons. The van der Waals surface area contributed by atoms with Gasteiger partial charge in [-0.1, -0.05) is 0 Å². The van der Waals surface area contributed by atoms with Gasteiger partial charge in [0.15, 0.2) is 0 Å². The second-order valence-electron chi connectivity index (χ2n) is 8.14. The smallest absolute Gasteiger partial charge is 0.240 e. The lowest BCUT2D eigenvalue weighted by Crippen LogP contribution is -2.31. The van der Waals surface area contributed by atoms with Crippen LogP contribution in [0, 0.1) is 17.8 Å². The first-order chi connectivity index (χ1) is 15.0. The van der Waals surface area contributed by atoms with E-state index in [1.165, 1.54) is 0 Å². The molecule has 1 saturated carbocycles. The minimum atomic E-state index is -4.61. The molecule has 2 aliphatic rings. The van der Waals surface area contributed by atoms with Crippen LogP contribution in [0.2, 0.25) is 0 Å². The van der Waals surface area contributed by atoms with Crippen molar-refractivity contribution in [2.75, 3.05) is 31.1 Å². The Kier molecular flexibility index (Phi) is 5.73. The highest BCUT2D eigenvalue weighted by Crippen LogP contribution is 2.54. The van der Waals surface area contributed by atoms with Gasteiger partial charge in [-0.15, -0.1) is 10.2 Å². The molecule has 0 bridgehead atoms. The van der Waals surface area contributed by atoms with Crippen LogP contribution in [0.3, 0.4) is 0 Å². The second-order valence-corrected chi connectivity index (χ2v) is 11.2. The summed E-state index contributed by atoms with van der Waals surface area (Å²) in [7, 11) is -9.15. The zero-order chi connectivity index (χ0) is 23.4. The summed E-state index contributed by atoms with van der Waals surface area (Å²) < 4.78 is 50.0. The number of sulfonamides is 2. The largest absolute Gasteiger partial charge is 0.391 e. The van der Waals surface area contributed by atoms with E-state index >= 15 is 0 Å². The minimum Gasteiger partial charge on any atom is -0.391 e. The van der Waals surface area contributed by atoms with Crippen molar-refractivity contribution < 1.29 is 21.9 Å². The van der Waals surface area contributed by atoms with Gasteiger partial charge in [0.05, 0.1) is 17.4 Å². The van der Waals surface area contributed by atoms with Gasteiger partial charge in [-0.05, 0) is 41.1 Å². The lowest BCUT2D eigenvalue weighted by Gasteiger charge is -2.29. The van der Waals surface area contributed by atoms with Gasteiger partial charge in [-0.2, -0.15) is 5.21 Å². The molecule has 4 atom stereocenters. The molecular weight excluding hydrogens is 462 g/mol. The zero-order valence-corrected chi connectivity index (χ0v) is 18.6. The first kappa shape index (κ1) is 23.0. The number of aliphatic hydroxyl groups excluding tert-OH is 1. The fourth-order valence-electron chi connectivity index (χ4n) is 4.69. The first-order valence-electron chi connectivity index (χ1n) is 9.79. The number of anilines is 1. The predicted octanol–water partition coefficient (Wildman–Crippen LogP) is -3.34. The Morgan fingerprint density at radius 1 is 1.16 bits per heavy atom. The number of nitrogens with one attached hydrogen (secondary N) is 1. The molecule has 1 aliphatic carbocycles. The van der Waals surface area contributed by atoms with Crippen molar-refractivity contribution in [3.63, 3.8) is 0 Å². The van der Waals surface area contributed by atoms with Crippen molar-refractivity contribution in [3.8, 4) is 11.4 Å². The highest BCUT2D eigenvalue weighted by atomic mass is 32.2. The molecule has 1 saturated heterocycles. The molecule has 10 N–H and O–H groups in total. The van der Waals surface area contributed by atoms with Crippen LogP contribution in [-0.2, 0) is 26.5 Å². The molecule has 1 aromatic carbocycles. The van der Waals surface area contributed by atoms with Gasteiger partial charge in [0.2, 0.25) is 25.9 Å². The molecule has 32 heavy (non-hydrogen) atoms. The van der Waals surface area contributed by atoms with E-state index in [0.29, 0.717) is 48.6 Å². The van der Waals surface area contributed by atoms with Crippen LogP contribution < -0.4 is 26.6 Å². The number of aliphatic hydroxyl groups is 1. The lowest BCUT2D eigenvalue weighted by atomic mass is 9.99. The maximum atomic E-state index is 12.6. The Bertz CT molecular complexity index is 1220. The standard InChI is InChI=1S/C16H25N9O5S2/c17-3-8(26)1-7-2-12(31(19,27)28)15(32(20,29)30)13(16-21-23-24-22-16)14(7)25-5-10-9(4-18)11(10)6-25/h2,8-11,26H,1,3-6,17-18H2,(H2,19,27,28)(H2,20,29,30)(H,21,22,23,24)/t8?,9?,10-,11+. The van der Waals surface area contributed by atoms with Gasteiger partial charge >= 0.3 is 0 Å². The maximum Gasteiger partial charge on any atom is 0.240 e. The SMILES string of the molecule is NCC(O)Cc1cc(S(N)(=O)=O)c(S(N)(=O)=O)c(-c2nn[nH]n2)c1N1C[C@@H]2C(CN)[C@@H]2C1. The number of hydrogen-bond acceptors (Lipinski definition) is 11. The van der Waals surface area contributed by atoms with Crippen molar-refractivity contribution in [1.29, 1.82) is 0 Å². The number of tetrazole rings is 1. The Balaban J connectivity index is 2.03. The second kappa shape index (κ2) is 7.98. The van der Waals surface area contributed by atoms with Gasteiger partial charge in [0.1, 0.15) is 9.79 Å². The van der Waals surface area contributed by atoms with E-state index in [1.54, 1.807) is 0 Å². The van der Waals surface area contributed by atoms with E-state index in [-0.39, 0.29) is 24.4 Å². The van der Waals surface area contributed by atoms with Gasteiger partial charge in [0.25, 0.3) is 0 Å². The molecule has 0 radical (unpaired) electrons. The fraction of sp³-hybridized carbons (Fsp3) is 0.562. The normalized spacial score (nSPS) is 23.9. The van der Waals surface area contributed by atoms with E-state index in [2.05, 4.69) is 20.6 Å². The van der Waals surface area contributed by atoms with E-state index in [9.17, 15) is 21.9 Å². The van der Waals surface area contributed by atoms with Gasteiger partial charge in [-0.25, -0.2) is 27.1 Å². The molecule has 16 heteroatoms. The van der Waals surface area contributed by atoms with Crippen molar-refractivity contribution in [2.24, 2.45) is 39.5 Å². The van der Waals surface area contributed by atoms with E-state index < -0.39 is 35.9 Å². The minimum absolute atomic E-state index is 0.0593. The zero-order valence-electron chi connectivity index (χ0n) is 16.9. The highest BCUT2D eigenvalue weighted by molar-refractivity contribution is 7.92. The summed E-state index contributed by atoms with van der Waals surface area (Å²) >= 11 is 0. The van der Waals surface area contributed by atoms with Crippen molar-refractivity contribution >= 4 is 25.7 Å². The van der Waals surface area contributed by atoms with Crippen molar-refractivity contribution in [3.05, 3.63) is 11.6 Å². The lowest BCUT2D eigenvalue weighted by molar-refractivity contribution is 0.183. The number of nitrogens with two attached hydrogens (primary N) is 4. The van der Waals surface area contributed by atoms with E-state index in [0.717, 1.165) is 6.07 Å². The molecule has 1 aromatic heterocycles. The first-order valence-corrected chi connectivity index (χ1v) is 12.9. The Hall–Kier alpha value is -2.21. The Morgan fingerprint density at radius 2 is 1.81 bits per heavy atom. The summed E-state index contributed by atoms with van der Waals surface area (Å²) in [6, 6.07) is 1.12. The van der Waals surface area contributed by atoms with Gasteiger partial charge in [-0.3, -0.25) is 0 Å². The van der Waals surface area contributed by atoms with Crippen molar-refractivity contribution in [1.82, 2.24) is 20.6 Å². The molecule has 2 heterocycles. The van der Waals surface area contributed by atoms with Crippen LogP contribution in [0.25, 0.3) is 11.4 Å². The third kappa shape index (κ3) is 3.98. The molecule has 2 aromatic rings. The average molecular weight is 488 g/mol. The summed E-state index contributed by atoms with van der Waals surface area (Å²) in [5, 5.41) is 34.5. The average Bonchev–Trinajstić information content (AvgIpc) is 3.09. The number of aromatic amines is 1. The number of hydrogen-bond donors (Lipinski definition) is 6. The molecule has 2 unspecified atom stereocenters. The molecule has 4 rings (SSSR count). The molecule has 2 fully saturated rings. The van der Waals surface area contributed by atoms with Crippen molar-refractivity contribution in [2.45, 2.75) is 22.3 Å². The monoisotopic (exact) mass is 487 g/mol. The Labute approximate surface area is 184 Å². The topological polar surface area (TPSA) is 250 Å². The number of H-pyrrole nitrogens is 1. The third-order valence-electron chi connectivity index (χ3n) is 6.14. The number of nitrogens with zero attached hydrogens (tertiary/aromatic N) is 4. The molecule has 14 nitrogen and oxygen atoms in total. The van der Waals surface area contributed by atoms with Gasteiger partial charge in [0, 0.05) is 26.1 Å². The number of piperidine rings is 1. The summed E-state index contributed by atoms with van der Waals surface area (Å²) in [5.74, 6) is 0.843. The fourth-order valence-corrected chi connectivity index (χ4v) is 6.86. The predicted molar refractivity (Wildman–Crippen MR) is 113 cm³/mol. The number of primary sulfonamides is 2. The summed E-state index contributed by atoms with van der Waals surface area (Å²) in [6.45, 7) is 1.56. The van der Waals surface area contributed by atoms with E-state index in [4.69, 9.17) is 21.7 Å². The van der Waals surface area contributed by atoms with Gasteiger partial charge < -0.3 is 21.5 Å². The van der Waals surface area contributed by atoms with Crippen LogP contribution in [0.5, 0.6) is 0 Å². The number of rotatable bonds is 8. The summed E-state index contributed by atoms with van der Waals surface area (Å²) in [4.78, 5) is 0.471. The third-order valence-corrected chi connectivity index (χ3v) is 8.20. The van der Waals surface area contributed by atoms with Crippen LogP contribution in [0.1, 0.15) is 5.56 Å². The molecule has 1 aliphatic heterocycles. The maximum absolute atomic E-state index is 12.6. The van der Waals surface area contributed by atoms with Crippen LogP contribution in [0.4, 0.5) is 5.69 Å². The highest BCUT2D eigenvalue weighted by Gasteiger charge is 2.55. The van der Waals surface area contributed by atoms with Crippen LogP contribution in [0.15, 0.2) is 15.9 Å². The summed E-state index contributed by atoms with van der Waals surface area (Å²) in [6.07, 6.45) is -1.08. The number of benzene rings is 1. The summed E-state index contributed by atoms with van der Waals surface area (Å²) in [5.41, 5.74) is 11.9. The quantitative estimate of drug-likeness (QED) is 0.215. The number of aromatic nitrogens is 4. The van der Waals surface area contributed by atoms with Crippen LogP contribution >= 0.6 is 0 Å². The Morgan fingerprint density at radius 3 is 2.28 bits per heavy atom. The molecule has 0 amide bonds. The van der Waals surface area contributed by atoms with E-state index in [1.807, 2.05) is 4.90 Å².